The summed E-state index contributed by atoms with van der Waals surface area (Å²) in [5.74, 6) is 1.14. The third-order valence-electron chi connectivity index (χ3n) is 5.02. The second-order valence-corrected chi connectivity index (χ2v) is 6.74. The van der Waals surface area contributed by atoms with Crippen LogP contribution in [0, 0.1) is 0 Å². The molecule has 1 amide bonds. The zero-order valence-electron chi connectivity index (χ0n) is 15.0. The van der Waals surface area contributed by atoms with Crippen LogP contribution in [0.5, 0.6) is 0 Å². The highest BCUT2D eigenvalue weighted by atomic mass is 127. The van der Waals surface area contributed by atoms with E-state index in [1.54, 1.807) is 0 Å². The van der Waals surface area contributed by atoms with E-state index >= 15 is 0 Å². The molecule has 1 saturated heterocycles. The second-order valence-electron chi connectivity index (χ2n) is 6.74. The molecule has 1 aliphatic carbocycles. The van der Waals surface area contributed by atoms with Gasteiger partial charge in [0.05, 0.1) is 0 Å². The lowest BCUT2D eigenvalue weighted by Gasteiger charge is -2.20. The minimum atomic E-state index is 0. The number of aliphatic imine (C=N–C) groups is 1. The van der Waals surface area contributed by atoms with Gasteiger partial charge < -0.3 is 15.5 Å². The zero-order chi connectivity index (χ0) is 16.8. The molecule has 2 N–H and O–H groups in total. The molecule has 2 aliphatic rings. The molecule has 0 unspecified atom stereocenters. The van der Waals surface area contributed by atoms with Crippen LogP contribution in [-0.4, -0.2) is 36.4 Å². The van der Waals surface area contributed by atoms with Crippen molar-refractivity contribution in [2.75, 3.05) is 13.6 Å². The molecule has 1 saturated carbocycles. The highest BCUT2D eigenvalue weighted by Gasteiger charge is 2.21. The van der Waals surface area contributed by atoms with E-state index in [1.807, 2.05) is 18.0 Å². The molecule has 138 valence electrons. The molecular formula is C19H29IN4O. The maximum Gasteiger partial charge on any atom is 0.222 e. The third-order valence-corrected chi connectivity index (χ3v) is 5.02. The van der Waals surface area contributed by atoms with E-state index in [0.29, 0.717) is 19.0 Å². The van der Waals surface area contributed by atoms with Crippen molar-refractivity contribution in [3.05, 3.63) is 35.4 Å². The number of nitrogens with zero attached hydrogens (tertiary/aromatic N) is 2. The molecule has 5 nitrogen and oxygen atoms in total. The number of hydrogen-bond donors (Lipinski definition) is 2. The van der Waals surface area contributed by atoms with Crippen LogP contribution in [-0.2, 0) is 17.9 Å². The highest BCUT2D eigenvalue weighted by molar-refractivity contribution is 14.0. The quantitative estimate of drug-likeness (QED) is 0.407. The van der Waals surface area contributed by atoms with Gasteiger partial charge >= 0.3 is 0 Å². The summed E-state index contributed by atoms with van der Waals surface area (Å²) in [6.07, 6.45) is 6.75. The van der Waals surface area contributed by atoms with Gasteiger partial charge in [-0.15, -0.1) is 24.0 Å². The Kier molecular flexibility index (Phi) is 7.99. The van der Waals surface area contributed by atoms with Gasteiger partial charge in [-0.3, -0.25) is 9.79 Å². The van der Waals surface area contributed by atoms with Crippen LogP contribution in [0.15, 0.2) is 29.3 Å². The first kappa shape index (κ1) is 20.0. The van der Waals surface area contributed by atoms with Gasteiger partial charge in [0.15, 0.2) is 5.96 Å². The summed E-state index contributed by atoms with van der Waals surface area (Å²) in [5.41, 5.74) is 2.45. The highest BCUT2D eigenvalue weighted by Crippen LogP contribution is 2.18. The molecule has 0 bridgehead atoms. The number of nitrogens with one attached hydrogen (secondary N) is 2. The Labute approximate surface area is 167 Å². The van der Waals surface area contributed by atoms with Gasteiger partial charge in [-0.05, 0) is 30.4 Å². The van der Waals surface area contributed by atoms with Gasteiger partial charge in [-0.1, -0.05) is 37.1 Å². The molecule has 1 aromatic carbocycles. The minimum absolute atomic E-state index is 0. The standard InChI is InChI=1S/C19H28N4O.HI/c1-20-19(22-17-9-4-5-10-17)21-13-15-7-2-3-8-16(15)14-23-12-6-11-18(23)24;/h2-3,7-8,17H,4-6,9-14H2,1H3,(H2,20,21,22);1H. The summed E-state index contributed by atoms with van der Waals surface area (Å²) in [7, 11) is 1.82. The summed E-state index contributed by atoms with van der Waals surface area (Å²) in [5, 5.41) is 6.93. The predicted octanol–water partition coefficient (Wildman–Crippen LogP) is 3.03. The van der Waals surface area contributed by atoms with Crippen LogP contribution in [0.4, 0.5) is 0 Å². The van der Waals surface area contributed by atoms with Gasteiger partial charge in [-0.25, -0.2) is 0 Å². The molecule has 1 heterocycles. The van der Waals surface area contributed by atoms with Crippen molar-refractivity contribution < 1.29 is 4.79 Å². The molecule has 0 spiro atoms. The minimum Gasteiger partial charge on any atom is -0.354 e. The van der Waals surface area contributed by atoms with Crippen molar-refractivity contribution >= 4 is 35.8 Å². The van der Waals surface area contributed by atoms with Crippen LogP contribution >= 0.6 is 24.0 Å². The number of guanidine groups is 1. The first-order valence-corrected chi connectivity index (χ1v) is 9.08. The Bertz CT molecular complexity index is 599. The van der Waals surface area contributed by atoms with Crippen molar-refractivity contribution in [3.8, 4) is 0 Å². The molecule has 3 rings (SSSR count). The van der Waals surface area contributed by atoms with Crippen molar-refractivity contribution in [1.82, 2.24) is 15.5 Å². The Morgan fingerprint density at radius 3 is 2.56 bits per heavy atom. The maximum atomic E-state index is 11.9. The fourth-order valence-electron chi connectivity index (χ4n) is 3.60. The topological polar surface area (TPSA) is 56.7 Å². The fourth-order valence-corrected chi connectivity index (χ4v) is 3.60. The molecule has 0 radical (unpaired) electrons. The Morgan fingerprint density at radius 1 is 1.20 bits per heavy atom. The van der Waals surface area contributed by atoms with Crippen molar-refractivity contribution in [2.45, 2.75) is 57.7 Å². The molecule has 0 atom stereocenters. The number of carbonyl (C=O) groups is 1. The van der Waals surface area contributed by atoms with E-state index in [2.05, 4.69) is 33.8 Å². The molecular weight excluding hydrogens is 427 g/mol. The molecule has 6 heteroatoms. The van der Waals surface area contributed by atoms with Crippen LogP contribution in [0.25, 0.3) is 0 Å². The molecule has 25 heavy (non-hydrogen) atoms. The average molecular weight is 456 g/mol. The molecule has 1 aromatic rings. The molecule has 0 aromatic heterocycles. The number of likely N-dealkylation sites (tertiary alicyclic amines) is 1. The largest absolute Gasteiger partial charge is 0.354 e. The smallest absolute Gasteiger partial charge is 0.222 e. The Balaban J connectivity index is 0.00000225. The lowest BCUT2D eigenvalue weighted by molar-refractivity contribution is -0.128. The summed E-state index contributed by atoms with van der Waals surface area (Å²) in [4.78, 5) is 18.2. The number of benzene rings is 1. The normalized spacial score (nSPS) is 18.4. The Hall–Kier alpha value is -1.31. The van der Waals surface area contributed by atoms with Crippen molar-refractivity contribution in [3.63, 3.8) is 0 Å². The van der Waals surface area contributed by atoms with Gasteiger partial charge in [0, 0.05) is 39.1 Å². The zero-order valence-corrected chi connectivity index (χ0v) is 17.3. The number of hydrogen-bond acceptors (Lipinski definition) is 2. The van der Waals surface area contributed by atoms with Gasteiger partial charge in [0.1, 0.15) is 0 Å². The van der Waals surface area contributed by atoms with E-state index in [0.717, 1.165) is 25.5 Å². The summed E-state index contributed by atoms with van der Waals surface area (Å²) in [6.45, 7) is 2.32. The van der Waals surface area contributed by atoms with Crippen LogP contribution < -0.4 is 10.6 Å². The van der Waals surface area contributed by atoms with Crippen molar-refractivity contribution in [1.29, 1.82) is 0 Å². The van der Waals surface area contributed by atoms with E-state index < -0.39 is 0 Å². The average Bonchev–Trinajstić information content (AvgIpc) is 3.25. The SMILES string of the molecule is CN=C(NCc1ccccc1CN1CCCC1=O)NC1CCCC1.I. The third kappa shape index (κ3) is 5.59. The molecule has 2 fully saturated rings. The van der Waals surface area contributed by atoms with Crippen molar-refractivity contribution in [2.24, 2.45) is 4.99 Å². The number of halogens is 1. The van der Waals surface area contributed by atoms with Gasteiger partial charge in [0.25, 0.3) is 0 Å². The maximum absolute atomic E-state index is 11.9. The fraction of sp³-hybridized carbons (Fsp3) is 0.579. The van der Waals surface area contributed by atoms with Crippen LogP contribution in [0.3, 0.4) is 0 Å². The second kappa shape index (κ2) is 9.99. The van der Waals surface area contributed by atoms with Crippen LogP contribution in [0.1, 0.15) is 49.7 Å². The van der Waals surface area contributed by atoms with E-state index in [1.165, 1.54) is 36.8 Å². The summed E-state index contributed by atoms with van der Waals surface area (Å²) in [6, 6.07) is 8.90. The van der Waals surface area contributed by atoms with Gasteiger partial charge in [-0.2, -0.15) is 0 Å². The predicted molar refractivity (Wildman–Crippen MR) is 112 cm³/mol. The first-order chi connectivity index (χ1) is 11.8. The number of rotatable bonds is 5. The number of carbonyl (C=O) groups excluding carboxylic acids is 1. The first-order valence-electron chi connectivity index (χ1n) is 9.08. The Morgan fingerprint density at radius 2 is 1.92 bits per heavy atom. The van der Waals surface area contributed by atoms with E-state index in [4.69, 9.17) is 0 Å². The lowest BCUT2D eigenvalue weighted by Crippen LogP contribution is -2.42. The number of amides is 1. The van der Waals surface area contributed by atoms with Gasteiger partial charge in [0.2, 0.25) is 5.91 Å². The lowest BCUT2D eigenvalue weighted by atomic mass is 10.1. The molecule has 1 aliphatic heterocycles. The summed E-state index contributed by atoms with van der Waals surface area (Å²) >= 11 is 0. The van der Waals surface area contributed by atoms with E-state index in [9.17, 15) is 4.79 Å². The summed E-state index contributed by atoms with van der Waals surface area (Å²) < 4.78 is 0. The van der Waals surface area contributed by atoms with E-state index in [-0.39, 0.29) is 29.9 Å². The monoisotopic (exact) mass is 456 g/mol. The van der Waals surface area contributed by atoms with Crippen LogP contribution in [0.2, 0.25) is 0 Å².